The number of hydrogen-bond donors (Lipinski definition) is 0. The van der Waals surface area contributed by atoms with E-state index in [4.69, 9.17) is 4.74 Å². The van der Waals surface area contributed by atoms with Crippen LogP contribution in [0.2, 0.25) is 0 Å². The maximum atomic E-state index is 12.8. The quantitative estimate of drug-likeness (QED) is 0.515. The van der Waals surface area contributed by atoms with E-state index in [1.165, 1.54) is 0 Å². The summed E-state index contributed by atoms with van der Waals surface area (Å²) < 4.78 is 6.93. The van der Waals surface area contributed by atoms with Gasteiger partial charge in [0, 0.05) is 23.9 Å². The molecule has 0 aliphatic rings. The lowest BCUT2D eigenvalue weighted by Crippen LogP contribution is -2.10. The van der Waals surface area contributed by atoms with Crippen molar-refractivity contribution in [1.82, 2.24) is 4.57 Å². The van der Waals surface area contributed by atoms with Crippen LogP contribution >= 0.6 is 0 Å². The van der Waals surface area contributed by atoms with E-state index < -0.39 is 0 Å². The molecule has 24 heavy (non-hydrogen) atoms. The minimum atomic E-state index is -0.123. The van der Waals surface area contributed by atoms with Crippen molar-refractivity contribution in [1.29, 1.82) is 0 Å². The first kappa shape index (κ1) is 15.7. The first-order chi connectivity index (χ1) is 11.7. The molecule has 0 unspecified atom stereocenters. The maximum Gasteiger partial charge on any atom is 0.209 e. The third kappa shape index (κ3) is 3.27. The van der Waals surface area contributed by atoms with Gasteiger partial charge in [0.2, 0.25) is 5.78 Å². The molecule has 0 aliphatic carbocycles. The van der Waals surface area contributed by atoms with Crippen molar-refractivity contribution in [2.24, 2.45) is 0 Å². The molecule has 0 N–H and O–H groups in total. The van der Waals surface area contributed by atoms with E-state index in [9.17, 15) is 9.59 Å². The smallest absolute Gasteiger partial charge is 0.209 e. The van der Waals surface area contributed by atoms with Gasteiger partial charge >= 0.3 is 0 Å². The van der Waals surface area contributed by atoms with Crippen molar-refractivity contribution >= 4 is 12.1 Å². The number of ketones is 1. The second kappa shape index (κ2) is 6.96. The Bertz CT molecular complexity index is 848. The van der Waals surface area contributed by atoms with Crippen LogP contribution in [0, 0.1) is 0 Å². The first-order valence-electron chi connectivity index (χ1n) is 7.59. The summed E-state index contributed by atoms with van der Waals surface area (Å²) in [5.74, 6) is 0.571. The van der Waals surface area contributed by atoms with Crippen molar-refractivity contribution in [3.63, 3.8) is 0 Å². The lowest BCUT2D eigenvalue weighted by atomic mass is 10.1. The Kier molecular flexibility index (Phi) is 4.57. The number of nitrogens with zero attached hydrogens (tertiary/aromatic N) is 1. The summed E-state index contributed by atoms with van der Waals surface area (Å²) in [5, 5.41) is 0. The molecular weight excluding hydrogens is 302 g/mol. The van der Waals surface area contributed by atoms with Crippen LogP contribution in [-0.2, 0) is 6.54 Å². The third-order valence-corrected chi connectivity index (χ3v) is 3.83. The van der Waals surface area contributed by atoms with Gasteiger partial charge < -0.3 is 9.30 Å². The van der Waals surface area contributed by atoms with E-state index in [-0.39, 0.29) is 5.78 Å². The van der Waals surface area contributed by atoms with Gasteiger partial charge in [0.05, 0.1) is 12.8 Å². The van der Waals surface area contributed by atoms with Crippen LogP contribution in [-0.4, -0.2) is 23.7 Å². The van der Waals surface area contributed by atoms with E-state index in [1.807, 2.05) is 34.9 Å². The van der Waals surface area contributed by atoms with Crippen molar-refractivity contribution in [3.05, 3.63) is 89.2 Å². The van der Waals surface area contributed by atoms with E-state index in [2.05, 4.69) is 0 Å². The second-order valence-corrected chi connectivity index (χ2v) is 5.45. The van der Waals surface area contributed by atoms with Gasteiger partial charge in [-0.1, -0.05) is 30.3 Å². The Hall–Kier alpha value is -3.14. The number of ether oxygens (including phenoxy) is 1. The molecule has 0 saturated heterocycles. The highest BCUT2D eigenvalue weighted by Gasteiger charge is 2.16. The summed E-state index contributed by atoms with van der Waals surface area (Å²) in [6, 6.07) is 18.4. The molecule has 0 bridgehead atoms. The largest absolute Gasteiger partial charge is 0.497 e. The van der Waals surface area contributed by atoms with Crippen molar-refractivity contribution in [2.45, 2.75) is 6.54 Å². The molecule has 3 aromatic rings. The van der Waals surface area contributed by atoms with Crippen molar-refractivity contribution in [2.75, 3.05) is 7.11 Å². The number of carbonyl (C=O) groups is 2. The minimum Gasteiger partial charge on any atom is -0.497 e. The molecule has 0 aliphatic heterocycles. The summed E-state index contributed by atoms with van der Waals surface area (Å²) in [6.45, 7) is 0.534. The van der Waals surface area contributed by atoms with Gasteiger partial charge in [-0.25, -0.2) is 0 Å². The van der Waals surface area contributed by atoms with Crippen LogP contribution in [0.3, 0.4) is 0 Å². The fourth-order valence-corrected chi connectivity index (χ4v) is 2.59. The number of rotatable bonds is 6. The van der Waals surface area contributed by atoms with Gasteiger partial charge in [-0.15, -0.1) is 0 Å². The average Bonchev–Trinajstić information content (AvgIpc) is 3.05. The zero-order valence-corrected chi connectivity index (χ0v) is 13.3. The molecule has 4 heteroatoms. The minimum absolute atomic E-state index is 0.123. The lowest BCUT2D eigenvalue weighted by Gasteiger charge is -2.09. The first-order valence-corrected chi connectivity index (χ1v) is 7.59. The third-order valence-electron chi connectivity index (χ3n) is 3.83. The molecule has 0 radical (unpaired) electrons. The summed E-state index contributed by atoms with van der Waals surface area (Å²) >= 11 is 0. The lowest BCUT2D eigenvalue weighted by molar-refractivity contribution is 0.103. The standard InChI is InChI=1S/C20H17NO3/c1-24-18-9-7-17(8-10-18)20(23)19-11-16(14-22)13-21(19)12-15-5-3-2-4-6-15/h2-11,13-14H,12H2,1H3. The molecule has 0 amide bonds. The van der Waals surface area contributed by atoms with Gasteiger partial charge in [-0.2, -0.15) is 0 Å². The molecule has 3 rings (SSSR count). The Labute approximate surface area is 140 Å². The Morgan fingerprint density at radius 2 is 1.79 bits per heavy atom. The van der Waals surface area contributed by atoms with Gasteiger partial charge in [-0.3, -0.25) is 9.59 Å². The van der Waals surface area contributed by atoms with Crippen LogP contribution in [0.25, 0.3) is 0 Å². The van der Waals surface area contributed by atoms with Crippen LogP contribution in [0.15, 0.2) is 66.9 Å². The molecule has 1 aromatic heterocycles. The van der Waals surface area contributed by atoms with Crippen LogP contribution in [0.4, 0.5) is 0 Å². The Morgan fingerprint density at radius 1 is 1.08 bits per heavy atom. The van der Waals surface area contributed by atoms with Crippen molar-refractivity contribution in [3.8, 4) is 5.75 Å². The predicted octanol–water partition coefficient (Wildman–Crippen LogP) is 3.59. The summed E-state index contributed by atoms with van der Waals surface area (Å²) in [4.78, 5) is 23.9. The fourth-order valence-electron chi connectivity index (χ4n) is 2.59. The predicted molar refractivity (Wildman–Crippen MR) is 91.8 cm³/mol. The monoisotopic (exact) mass is 319 g/mol. The van der Waals surface area contributed by atoms with Crippen LogP contribution < -0.4 is 4.74 Å². The average molecular weight is 319 g/mol. The number of methoxy groups -OCH3 is 1. The molecule has 120 valence electrons. The summed E-state index contributed by atoms with van der Waals surface area (Å²) in [6.07, 6.45) is 2.46. The Morgan fingerprint density at radius 3 is 2.42 bits per heavy atom. The van der Waals surface area contributed by atoms with Gasteiger partial charge in [0.1, 0.15) is 5.75 Å². The van der Waals surface area contributed by atoms with E-state index in [0.29, 0.717) is 29.1 Å². The molecular formula is C20H17NO3. The molecule has 0 atom stereocenters. The molecule has 4 nitrogen and oxygen atoms in total. The number of hydrogen-bond acceptors (Lipinski definition) is 3. The highest BCUT2D eigenvalue weighted by molar-refractivity contribution is 6.08. The second-order valence-electron chi connectivity index (χ2n) is 5.45. The summed E-state index contributed by atoms with van der Waals surface area (Å²) in [7, 11) is 1.58. The van der Waals surface area contributed by atoms with Gasteiger partial charge in [-0.05, 0) is 35.9 Å². The van der Waals surface area contributed by atoms with E-state index in [0.717, 1.165) is 11.8 Å². The topological polar surface area (TPSA) is 48.3 Å². The van der Waals surface area contributed by atoms with E-state index in [1.54, 1.807) is 43.6 Å². The van der Waals surface area contributed by atoms with Crippen molar-refractivity contribution < 1.29 is 14.3 Å². The zero-order chi connectivity index (χ0) is 16.9. The number of benzene rings is 2. The highest BCUT2D eigenvalue weighted by Crippen LogP contribution is 2.18. The van der Waals surface area contributed by atoms with Crippen LogP contribution in [0.1, 0.15) is 32.0 Å². The maximum absolute atomic E-state index is 12.8. The molecule has 0 saturated carbocycles. The Balaban J connectivity index is 1.95. The summed E-state index contributed by atoms with van der Waals surface area (Å²) in [5.41, 5.74) is 2.60. The number of aromatic nitrogens is 1. The molecule has 2 aromatic carbocycles. The van der Waals surface area contributed by atoms with Gasteiger partial charge in [0.25, 0.3) is 0 Å². The normalized spacial score (nSPS) is 10.4. The zero-order valence-electron chi connectivity index (χ0n) is 13.3. The fraction of sp³-hybridized carbons (Fsp3) is 0.100. The molecule has 0 fully saturated rings. The SMILES string of the molecule is COc1ccc(C(=O)c2cc(C=O)cn2Cc2ccccc2)cc1. The van der Waals surface area contributed by atoms with E-state index >= 15 is 0 Å². The van der Waals surface area contributed by atoms with Crippen LogP contribution in [0.5, 0.6) is 5.75 Å². The van der Waals surface area contributed by atoms with Gasteiger partial charge in [0.15, 0.2) is 6.29 Å². The molecule has 0 spiro atoms. The number of carbonyl (C=O) groups excluding carboxylic acids is 2. The highest BCUT2D eigenvalue weighted by atomic mass is 16.5. The number of aldehydes is 1. The molecule has 1 heterocycles.